The van der Waals surface area contributed by atoms with Gasteiger partial charge >= 0.3 is 10.1 Å². The van der Waals surface area contributed by atoms with Gasteiger partial charge < -0.3 is 4.18 Å². The summed E-state index contributed by atoms with van der Waals surface area (Å²) >= 11 is 6.08. The lowest BCUT2D eigenvalue weighted by atomic mass is 9.93. The Hall–Kier alpha value is -2.31. The molecule has 0 N–H and O–H groups in total. The van der Waals surface area contributed by atoms with Crippen LogP contribution >= 0.6 is 11.6 Å². The Morgan fingerprint density at radius 3 is 2.37 bits per heavy atom. The Morgan fingerprint density at radius 1 is 1.04 bits per heavy atom. The fraction of sp³-hybridized carbons (Fsp3) is 0.250. The second kappa shape index (κ2) is 7.37. The fourth-order valence-corrected chi connectivity index (χ4v) is 3.74. The Labute approximate surface area is 164 Å². The minimum Gasteiger partial charge on any atom is -0.361 e. The van der Waals surface area contributed by atoms with Crippen molar-refractivity contribution in [1.82, 2.24) is 9.78 Å². The van der Waals surface area contributed by atoms with Crippen LogP contribution in [0.4, 0.5) is 0 Å². The number of hydrogen-bond acceptors (Lipinski definition) is 4. The summed E-state index contributed by atoms with van der Waals surface area (Å²) in [6, 6.07) is 17.6. The van der Waals surface area contributed by atoms with E-state index in [-0.39, 0.29) is 17.0 Å². The molecule has 0 aliphatic rings. The van der Waals surface area contributed by atoms with Gasteiger partial charge in [0.2, 0.25) is 5.88 Å². The Kier molecular flexibility index (Phi) is 5.31. The minimum atomic E-state index is -3.85. The van der Waals surface area contributed by atoms with E-state index in [1.54, 1.807) is 54.6 Å². The molecule has 0 aliphatic carbocycles. The summed E-state index contributed by atoms with van der Waals surface area (Å²) in [7, 11) is -3.85. The molecule has 27 heavy (non-hydrogen) atoms. The monoisotopic (exact) mass is 404 g/mol. The van der Waals surface area contributed by atoms with Crippen LogP contribution < -0.4 is 4.18 Å². The van der Waals surface area contributed by atoms with Crippen molar-refractivity contribution in [3.05, 3.63) is 76.9 Å². The molecule has 142 valence electrons. The first-order valence-corrected chi connectivity index (χ1v) is 10.4. The van der Waals surface area contributed by atoms with Crippen LogP contribution in [0.25, 0.3) is 5.69 Å². The fourth-order valence-electron chi connectivity index (χ4n) is 2.52. The normalized spacial score (nSPS) is 12.1. The zero-order chi connectivity index (χ0) is 19.7. The molecular formula is C20H21ClN2O3S. The van der Waals surface area contributed by atoms with Crippen molar-refractivity contribution in [3.63, 3.8) is 0 Å². The van der Waals surface area contributed by atoms with Crippen molar-refractivity contribution in [1.29, 1.82) is 0 Å². The SMILES string of the molecule is CC(C)(C)c1cc(OS(=O)(=O)Cc2ccccc2)n(-c2cccc(Cl)c2)n1. The summed E-state index contributed by atoms with van der Waals surface area (Å²) in [6.45, 7) is 6.00. The molecule has 3 aromatic rings. The third kappa shape index (κ3) is 4.90. The van der Waals surface area contributed by atoms with E-state index in [0.29, 0.717) is 22.0 Å². The summed E-state index contributed by atoms with van der Waals surface area (Å²) in [5, 5.41) is 5.08. The van der Waals surface area contributed by atoms with Crippen LogP contribution in [0.5, 0.6) is 5.88 Å². The summed E-state index contributed by atoms with van der Waals surface area (Å²) < 4.78 is 32.1. The van der Waals surface area contributed by atoms with Crippen molar-refractivity contribution in [2.75, 3.05) is 0 Å². The van der Waals surface area contributed by atoms with Gasteiger partial charge in [0, 0.05) is 16.5 Å². The maximum absolute atomic E-state index is 12.6. The predicted molar refractivity (Wildman–Crippen MR) is 107 cm³/mol. The van der Waals surface area contributed by atoms with Gasteiger partial charge in [-0.25, -0.2) is 0 Å². The Morgan fingerprint density at radius 2 is 1.74 bits per heavy atom. The van der Waals surface area contributed by atoms with E-state index in [1.165, 1.54) is 4.68 Å². The molecule has 1 aromatic heterocycles. The quantitative estimate of drug-likeness (QED) is 0.576. The van der Waals surface area contributed by atoms with Gasteiger partial charge in [-0.1, -0.05) is 68.8 Å². The highest BCUT2D eigenvalue weighted by Gasteiger charge is 2.24. The lowest BCUT2D eigenvalue weighted by molar-refractivity contribution is 0.464. The molecule has 0 aliphatic heterocycles. The van der Waals surface area contributed by atoms with Gasteiger partial charge in [0.1, 0.15) is 5.75 Å². The molecule has 0 bridgehead atoms. The number of nitrogens with zero attached hydrogens (tertiary/aromatic N) is 2. The standard InChI is InChI=1S/C20H21ClN2O3S/c1-20(2,3)18-13-19(23(22-18)17-11-7-10-16(21)12-17)26-27(24,25)14-15-8-5-4-6-9-15/h4-13H,14H2,1-3H3. The first-order chi connectivity index (χ1) is 12.6. The highest BCUT2D eigenvalue weighted by atomic mass is 35.5. The van der Waals surface area contributed by atoms with Gasteiger partial charge in [0.05, 0.1) is 11.4 Å². The van der Waals surface area contributed by atoms with Gasteiger partial charge in [-0.3, -0.25) is 0 Å². The van der Waals surface area contributed by atoms with Gasteiger partial charge in [-0.05, 0) is 23.8 Å². The highest BCUT2D eigenvalue weighted by Crippen LogP contribution is 2.29. The van der Waals surface area contributed by atoms with Crippen LogP contribution in [-0.2, 0) is 21.3 Å². The van der Waals surface area contributed by atoms with E-state index in [0.717, 1.165) is 0 Å². The lowest BCUT2D eigenvalue weighted by Crippen LogP contribution is -2.14. The predicted octanol–water partition coefficient (Wildman–Crippen LogP) is 4.73. The summed E-state index contributed by atoms with van der Waals surface area (Å²) in [4.78, 5) is 0. The first-order valence-electron chi connectivity index (χ1n) is 8.47. The molecule has 5 nitrogen and oxygen atoms in total. The smallest absolute Gasteiger partial charge is 0.314 e. The van der Waals surface area contributed by atoms with Crippen LogP contribution in [0.2, 0.25) is 5.02 Å². The first kappa shape index (κ1) is 19.5. The number of rotatable bonds is 5. The molecule has 0 radical (unpaired) electrons. The van der Waals surface area contributed by atoms with Crippen LogP contribution in [0.15, 0.2) is 60.7 Å². The van der Waals surface area contributed by atoms with Crippen LogP contribution in [0, 0.1) is 0 Å². The van der Waals surface area contributed by atoms with Gasteiger partial charge in [0.15, 0.2) is 0 Å². The van der Waals surface area contributed by atoms with Gasteiger partial charge in [-0.15, -0.1) is 0 Å². The van der Waals surface area contributed by atoms with E-state index >= 15 is 0 Å². The van der Waals surface area contributed by atoms with E-state index in [4.69, 9.17) is 15.8 Å². The number of aromatic nitrogens is 2. The van der Waals surface area contributed by atoms with Crippen molar-refractivity contribution < 1.29 is 12.6 Å². The molecule has 3 rings (SSSR count). The van der Waals surface area contributed by atoms with Crippen LogP contribution in [0.3, 0.4) is 0 Å². The third-order valence-corrected chi connectivity index (χ3v) is 5.24. The number of hydrogen-bond donors (Lipinski definition) is 0. The summed E-state index contributed by atoms with van der Waals surface area (Å²) in [5.41, 5.74) is 1.73. The maximum atomic E-state index is 12.6. The molecule has 0 amide bonds. The summed E-state index contributed by atoms with van der Waals surface area (Å²) in [5.74, 6) is -0.0856. The molecule has 0 saturated carbocycles. The number of halogens is 1. The van der Waals surface area contributed by atoms with E-state index < -0.39 is 10.1 Å². The molecule has 1 heterocycles. The van der Waals surface area contributed by atoms with E-state index in [9.17, 15) is 8.42 Å². The van der Waals surface area contributed by atoms with Crippen LogP contribution in [-0.4, -0.2) is 18.2 Å². The average Bonchev–Trinajstić information content (AvgIpc) is 2.98. The third-order valence-electron chi connectivity index (χ3n) is 3.90. The summed E-state index contributed by atoms with van der Waals surface area (Å²) in [6.07, 6.45) is 0. The molecule has 0 spiro atoms. The topological polar surface area (TPSA) is 61.2 Å². The maximum Gasteiger partial charge on any atom is 0.314 e. The van der Waals surface area contributed by atoms with Gasteiger partial charge in [0.25, 0.3) is 0 Å². The average molecular weight is 405 g/mol. The second-order valence-electron chi connectivity index (χ2n) is 7.28. The lowest BCUT2D eigenvalue weighted by Gasteiger charge is -2.13. The number of benzene rings is 2. The van der Waals surface area contributed by atoms with Crippen molar-refractivity contribution in [2.45, 2.75) is 31.9 Å². The minimum absolute atomic E-state index is 0.137. The Balaban J connectivity index is 1.99. The molecular weight excluding hydrogens is 384 g/mol. The molecule has 0 saturated heterocycles. The largest absolute Gasteiger partial charge is 0.361 e. The molecule has 0 atom stereocenters. The van der Waals surface area contributed by atoms with Crippen molar-refractivity contribution >= 4 is 21.7 Å². The van der Waals surface area contributed by atoms with Gasteiger partial charge in [-0.2, -0.15) is 18.2 Å². The van der Waals surface area contributed by atoms with E-state index in [1.807, 2.05) is 26.8 Å². The molecule has 7 heteroatoms. The highest BCUT2D eigenvalue weighted by molar-refractivity contribution is 7.86. The van der Waals surface area contributed by atoms with E-state index in [2.05, 4.69) is 5.10 Å². The zero-order valence-corrected chi connectivity index (χ0v) is 17.0. The molecule has 0 unspecified atom stereocenters. The Bertz CT molecular complexity index is 1040. The molecule has 0 fully saturated rings. The zero-order valence-electron chi connectivity index (χ0n) is 15.4. The van der Waals surface area contributed by atoms with Crippen LogP contribution in [0.1, 0.15) is 32.0 Å². The van der Waals surface area contributed by atoms with Crippen molar-refractivity contribution in [2.24, 2.45) is 0 Å². The second-order valence-corrected chi connectivity index (χ2v) is 9.29. The van der Waals surface area contributed by atoms with Crippen molar-refractivity contribution in [3.8, 4) is 11.6 Å². The molecule has 2 aromatic carbocycles.